The van der Waals surface area contributed by atoms with E-state index in [9.17, 15) is 0 Å². The average molecular weight is 356 g/mol. The second kappa shape index (κ2) is 6.81. The Kier molecular flexibility index (Phi) is 4.73. The summed E-state index contributed by atoms with van der Waals surface area (Å²) in [5, 5.41) is 1.21. The summed E-state index contributed by atoms with van der Waals surface area (Å²) >= 11 is 0. The fraction of sp³-hybridized carbons (Fsp3) is 0.250. The third-order valence-corrected chi connectivity index (χ3v) is 4.78. The van der Waals surface area contributed by atoms with Gasteiger partial charge in [-0.2, -0.15) is 0 Å². The van der Waals surface area contributed by atoms with E-state index in [4.69, 9.17) is 4.74 Å². The summed E-state index contributed by atoms with van der Waals surface area (Å²) in [7, 11) is 5.69. The van der Waals surface area contributed by atoms with Gasteiger partial charge in [0.2, 0.25) is 0 Å². The van der Waals surface area contributed by atoms with Crippen molar-refractivity contribution < 1.29 is 4.74 Å². The minimum atomic E-state index is 0. The smallest absolute Gasteiger partial charge is 0.148 e. The molecule has 1 aliphatic heterocycles. The van der Waals surface area contributed by atoms with E-state index in [0.717, 1.165) is 24.7 Å². The van der Waals surface area contributed by atoms with Gasteiger partial charge >= 0.3 is 0 Å². The van der Waals surface area contributed by atoms with Crippen LogP contribution >= 0.6 is 12.4 Å². The number of fused-ring (bicyclic) bond motifs is 3. The van der Waals surface area contributed by atoms with Crippen molar-refractivity contribution in [2.24, 2.45) is 4.99 Å². The minimum absolute atomic E-state index is 0. The zero-order valence-corrected chi connectivity index (χ0v) is 15.5. The molecule has 25 heavy (non-hydrogen) atoms. The highest BCUT2D eigenvalue weighted by Gasteiger charge is 2.27. The molecular weight excluding hydrogens is 334 g/mol. The van der Waals surface area contributed by atoms with Crippen LogP contribution in [-0.2, 0) is 6.54 Å². The highest BCUT2D eigenvalue weighted by molar-refractivity contribution is 6.12. The number of nitrogens with zero attached hydrogens (tertiary/aromatic N) is 3. The SMILES string of the molecule is CN=C1c2c(-c3ccccc3)c3cc(OC)ccc3n2CCN1C.Cl. The van der Waals surface area contributed by atoms with E-state index in [0.29, 0.717) is 0 Å². The highest BCUT2D eigenvalue weighted by atomic mass is 35.5. The fourth-order valence-electron chi connectivity index (χ4n) is 3.64. The van der Waals surface area contributed by atoms with Gasteiger partial charge in [0.15, 0.2) is 0 Å². The first kappa shape index (κ1) is 17.4. The van der Waals surface area contributed by atoms with Crippen LogP contribution in [0.1, 0.15) is 5.69 Å². The van der Waals surface area contributed by atoms with Crippen LogP contribution in [0, 0.1) is 0 Å². The van der Waals surface area contributed by atoms with Gasteiger partial charge in [-0.3, -0.25) is 4.99 Å². The molecule has 3 aromatic rings. The number of likely N-dealkylation sites (N-methyl/N-ethyl adjacent to an activating group) is 1. The molecule has 4 rings (SSSR count). The van der Waals surface area contributed by atoms with E-state index < -0.39 is 0 Å². The maximum Gasteiger partial charge on any atom is 0.148 e. The zero-order chi connectivity index (χ0) is 16.7. The first-order valence-electron chi connectivity index (χ1n) is 8.18. The summed E-state index contributed by atoms with van der Waals surface area (Å²) in [4.78, 5) is 6.82. The number of aliphatic imine (C=N–C) groups is 1. The van der Waals surface area contributed by atoms with Crippen LogP contribution in [0.25, 0.3) is 22.0 Å². The first-order valence-corrected chi connectivity index (χ1v) is 8.18. The molecule has 5 heteroatoms. The number of methoxy groups -OCH3 is 1. The lowest BCUT2D eigenvalue weighted by atomic mass is 10.0. The maximum absolute atomic E-state index is 5.47. The molecule has 2 heterocycles. The maximum atomic E-state index is 5.47. The van der Waals surface area contributed by atoms with Crippen LogP contribution in [0.2, 0.25) is 0 Å². The minimum Gasteiger partial charge on any atom is -0.497 e. The molecule has 0 radical (unpaired) electrons. The molecule has 0 atom stereocenters. The number of hydrogen-bond acceptors (Lipinski definition) is 2. The van der Waals surface area contributed by atoms with Crippen LogP contribution in [-0.4, -0.2) is 43.1 Å². The normalized spacial score (nSPS) is 15.2. The van der Waals surface area contributed by atoms with Crippen LogP contribution in [0.5, 0.6) is 5.75 Å². The molecule has 0 unspecified atom stereocenters. The molecule has 0 N–H and O–H groups in total. The van der Waals surface area contributed by atoms with Gasteiger partial charge in [0.25, 0.3) is 0 Å². The van der Waals surface area contributed by atoms with Crippen molar-refractivity contribution in [3.63, 3.8) is 0 Å². The van der Waals surface area contributed by atoms with Gasteiger partial charge in [-0.25, -0.2) is 0 Å². The van der Waals surface area contributed by atoms with Crippen molar-refractivity contribution in [2.75, 3.05) is 27.7 Å². The number of aromatic nitrogens is 1. The molecular formula is C20H22ClN3O. The van der Waals surface area contributed by atoms with Gasteiger partial charge in [-0.15, -0.1) is 12.4 Å². The standard InChI is InChI=1S/C20H21N3O.ClH/c1-21-20-19-18(14-7-5-4-6-8-14)16-13-15(24-3)9-10-17(16)23(19)12-11-22(20)2;/h4-10,13H,11-12H2,1-3H3;1H. The van der Waals surface area contributed by atoms with Crippen LogP contribution in [0.3, 0.4) is 0 Å². The Bertz CT molecular complexity index is 931. The van der Waals surface area contributed by atoms with Crippen molar-refractivity contribution in [3.8, 4) is 16.9 Å². The fourth-order valence-corrected chi connectivity index (χ4v) is 3.64. The second-order valence-electron chi connectivity index (χ2n) is 6.09. The Morgan fingerprint density at radius 3 is 2.48 bits per heavy atom. The molecule has 0 fully saturated rings. The summed E-state index contributed by atoms with van der Waals surface area (Å²) in [5.41, 5.74) is 4.87. The lowest BCUT2D eigenvalue weighted by molar-refractivity contribution is 0.415. The predicted octanol–water partition coefficient (Wildman–Crippen LogP) is 4.06. The number of halogens is 1. The number of ether oxygens (including phenoxy) is 1. The molecule has 1 aromatic heterocycles. The molecule has 0 saturated heterocycles. The van der Waals surface area contributed by atoms with E-state index in [-0.39, 0.29) is 12.4 Å². The molecule has 1 aliphatic rings. The van der Waals surface area contributed by atoms with Crippen LogP contribution in [0.15, 0.2) is 53.5 Å². The summed E-state index contributed by atoms with van der Waals surface area (Å²) < 4.78 is 7.86. The lowest BCUT2D eigenvalue weighted by Crippen LogP contribution is -2.37. The number of amidine groups is 1. The molecule has 0 spiro atoms. The Balaban J connectivity index is 0.00000182. The topological polar surface area (TPSA) is 29.8 Å². The van der Waals surface area contributed by atoms with Crippen LogP contribution in [0.4, 0.5) is 0 Å². The lowest BCUT2D eigenvalue weighted by Gasteiger charge is -2.29. The summed E-state index contributed by atoms with van der Waals surface area (Å²) in [6, 6.07) is 16.9. The third-order valence-electron chi connectivity index (χ3n) is 4.78. The Morgan fingerprint density at radius 2 is 1.80 bits per heavy atom. The van der Waals surface area contributed by atoms with Crippen molar-refractivity contribution in [1.82, 2.24) is 9.47 Å². The Labute approximate surface area is 154 Å². The molecule has 4 nitrogen and oxygen atoms in total. The number of rotatable bonds is 2. The van der Waals surface area contributed by atoms with Gasteiger partial charge in [-0.1, -0.05) is 30.3 Å². The van der Waals surface area contributed by atoms with Crippen molar-refractivity contribution in [2.45, 2.75) is 6.54 Å². The van der Waals surface area contributed by atoms with E-state index in [1.54, 1.807) is 7.11 Å². The second-order valence-corrected chi connectivity index (χ2v) is 6.09. The molecule has 130 valence electrons. The zero-order valence-electron chi connectivity index (χ0n) is 14.7. The average Bonchev–Trinajstić information content (AvgIpc) is 2.95. The molecule has 0 aliphatic carbocycles. The summed E-state index contributed by atoms with van der Waals surface area (Å²) in [5.74, 6) is 1.92. The Morgan fingerprint density at radius 1 is 1.04 bits per heavy atom. The largest absolute Gasteiger partial charge is 0.497 e. The molecule has 0 bridgehead atoms. The van der Waals surface area contributed by atoms with Crippen molar-refractivity contribution in [1.29, 1.82) is 0 Å². The monoisotopic (exact) mass is 355 g/mol. The van der Waals surface area contributed by atoms with Crippen LogP contribution < -0.4 is 4.74 Å². The molecule has 2 aromatic carbocycles. The first-order chi connectivity index (χ1) is 11.7. The van der Waals surface area contributed by atoms with Crippen molar-refractivity contribution >= 4 is 29.1 Å². The van der Waals surface area contributed by atoms with Gasteiger partial charge < -0.3 is 14.2 Å². The Hall–Kier alpha value is -2.46. The molecule has 0 amide bonds. The highest BCUT2D eigenvalue weighted by Crippen LogP contribution is 2.38. The third kappa shape index (κ3) is 2.67. The van der Waals surface area contributed by atoms with Gasteiger partial charge in [0, 0.05) is 43.7 Å². The summed E-state index contributed by atoms with van der Waals surface area (Å²) in [6.07, 6.45) is 0. The number of benzene rings is 2. The van der Waals surface area contributed by atoms with E-state index in [1.165, 1.54) is 27.7 Å². The number of hydrogen-bond donors (Lipinski definition) is 0. The van der Waals surface area contributed by atoms with E-state index >= 15 is 0 Å². The van der Waals surface area contributed by atoms with Gasteiger partial charge in [0.05, 0.1) is 12.8 Å². The quantitative estimate of drug-likeness (QED) is 0.693. The molecule has 0 saturated carbocycles. The van der Waals surface area contributed by atoms with E-state index in [1.807, 2.05) is 13.1 Å². The van der Waals surface area contributed by atoms with Gasteiger partial charge in [0.1, 0.15) is 11.6 Å². The summed E-state index contributed by atoms with van der Waals surface area (Å²) in [6.45, 7) is 1.92. The van der Waals surface area contributed by atoms with Crippen molar-refractivity contribution in [3.05, 3.63) is 54.2 Å². The van der Waals surface area contributed by atoms with E-state index in [2.05, 4.69) is 64.0 Å². The van der Waals surface area contributed by atoms with Gasteiger partial charge in [-0.05, 0) is 23.8 Å². The predicted molar refractivity (Wildman–Crippen MR) is 106 cm³/mol.